The molecule has 2 heteroatoms. The molecule has 2 fully saturated rings. The maximum Gasteiger partial charge on any atom is 0.00384 e. The van der Waals surface area contributed by atoms with Crippen LogP contribution in [-0.4, -0.2) is 30.3 Å². The summed E-state index contributed by atoms with van der Waals surface area (Å²) in [5, 5.41) is 0. The average molecular weight is 199 g/mol. The number of thiol groups is 1. The van der Waals surface area contributed by atoms with Crippen LogP contribution in [0.4, 0.5) is 0 Å². The molecule has 76 valence electrons. The van der Waals surface area contributed by atoms with Crippen molar-refractivity contribution in [1.29, 1.82) is 0 Å². The summed E-state index contributed by atoms with van der Waals surface area (Å²) in [5.41, 5.74) is 0.712. The van der Waals surface area contributed by atoms with E-state index in [9.17, 15) is 0 Å². The van der Waals surface area contributed by atoms with Crippen LogP contribution in [-0.2, 0) is 0 Å². The van der Waals surface area contributed by atoms with Crippen LogP contribution in [0.15, 0.2) is 0 Å². The van der Waals surface area contributed by atoms with Crippen molar-refractivity contribution in [2.75, 3.05) is 25.4 Å². The Morgan fingerprint density at radius 3 is 2.85 bits per heavy atom. The molecule has 2 atom stereocenters. The zero-order valence-electron chi connectivity index (χ0n) is 8.63. The van der Waals surface area contributed by atoms with Crippen molar-refractivity contribution < 1.29 is 0 Å². The zero-order chi connectivity index (χ0) is 9.31. The van der Waals surface area contributed by atoms with Crippen molar-refractivity contribution in [3.8, 4) is 0 Å². The van der Waals surface area contributed by atoms with E-state index in [-0.39, 0.29) is 0 Å². The first-order chi connectivity index (χ1) is 6.28. The van der Waals surface area contributed by atoms with Gasteiger partial charge in [0.2, 0.25) is 0 Å². The lowest BCUT2D eigenvalue weighted by Crippen LogP contribution is -2.25. The van der Waals surface area contributed by atoms with Crippen LogP contribution >= 0.6 is 12.6 Å². The fourth-order valence-corrected chi connectivity index (χ4v) is 3.46. The summed E-state index contributed by atoms with van der Waals surface area (Å²) in [5.74, 6) is 2.02. The number of rotatable bonds is 2. The molecule has 13 heavy (non-hydrogen) atoms. The molecular weight excluding hydrogens is 178 g/mol. The molecule has 0 aromatic heterocycles. The third-order valence-electron chi connectivity index (χ3n) is 4.03. The van der Waals surface area contributed by atoms with Gasteiger partial charge in [-0.1, -0.05) is 6.92 Å². The first kappa shape index (κ1) is 9.85. The number of nitrogens with zero attached hydrogens (tertiary/aromatic N) is 1. The van der Waals surface area contributed by atoms with Crippen molar-refractivity contribution in [2.24, 2.45) is 11.3 Å². The third-order valence-corrected chi connectivity index (χ3v) is 4.54. The second-order valence-corrected chi connectivity index (χ2v) is 5.28. The van der Waals surface area contributed by atoms with Gasteiger partial charge in [0, 0.05) is 6.54 Å². The van der Waals surface area contributed by atoms with E-state index in [0.717, 1.165) is 11.7 Å². The molecule has 1 nitrogen and oxygen atoms in total. The highest BCUT2D eigenvalue weighted by molar-refractivity contribution is 7.80. The third kappa shape index (κ3) is 1.89. The molecule has 1 saturated carbocycles. The quantitative estimate of drug-likeness (QED) is 0.669. The van der Waals surface area contributed by atoms with E-state index in [0.29, 0.717) is 5.41 Å². The van der Waals surface area contributed by atoms with Gasteiger partial charge in [0.25, 0.3) is 0 Å². The van der Waals surface area contributed by atoms with Gasteiger partial charge in [-0.25, -0.2) is 0 Å². The molecule has 1 aliphatic heterocycles. The highest BCUT2D eigenvalue weighted by Gasteiger charge is 2.42. The molecule has 0 unspecified atom stereocenters. The topological polar surface area (TPSA) is 3.24 Å². The second-order valence-electron chi connectivity index (χ2n) is 4.91. The van der Waals surface area contributed by atoms with Crippen LogP contribution in [0.3, 0.4) is 0 Å². The first-order valence-corrected chi connectivity index (χ1v) is 6.24. The SMILES string of the molecule is CCN1CC[C@@]2(CC[C@@H](CS)C2)C1. The Labute approximate surface area is 87.3 Å². The lowest BCUT2D eigenvalue weighted by Gasteiger charge is -2.23. The van der Waals surface area contributed by atoms with Gasteiger partial charge in [0.1, 0.15) is 0 Å². The van der Waals surface area contributed by atoms with Crippen LogP contribution < -0.4 is 0 Å². The van der Waals surface area contributed by atoms with Crippen LogP contribution in [0.5, 0.6) is 0 Å². The molecule has 0 amide bonds. The molecule has 0 aromatic carbocycles. The maximum absolute atomic E-state index is 4.42. The Bertz CT molecular complexity index is 161. The summed E-state index contributed by atoms with van der Waals surface area (Å²) < 4.78 is 0. The van der Waals surface area contributed by atoms with Crippen molar-refractivity contribution in [3.05, 3.63) is 0 Å². The van der Waals surface area contributed by atoms with Gasteiger partial charge in [0.05, 0.1) is 0 Å². The van der Waals surface area contributed by atoms with E-state index in [1.165, 1.54) is 45.3 Å². The Balaban J connectivity index is 1.93. The maximum atomic E-state index is 4.42. The summed E-state index contributed by atoms with van der Waals surface area (Å²) in [4.78, 5) is 2.61. The summed E-state index contributed by atoms with van der Waals surface area (Å²) in [6.07, 6.45) is 5.80. The van der Waals surface area contributed by atoms with Crippen LogP contribution in [0.2, 0.25) is 0 Å². The number of likely N-dealkylation sites (tertiary alicyclic amines) is 1. The largest absolute Gasteiger partial charge is 0.303 e. The molecular formula is C11H21NS. The summed E-state index contributed by atoms with van der Waals surface area (Å²) in [6, 6.07) is 0. The summed E-state index contributed by atoms with van der Waals surface area (Å²) in [7, 11) is 0. The molecule has 2 aliphatic rings. The second kappa shape index (κ2) is 3.82. The molecule has 1 saturated heterocycles. The van der Waals surface area contributed by atoms with Crippen molar-refractivity contribution in [3.63, 3.8) is 0 Å². The monoisotopic (exact) mass is 199 g/mol. The highest BCUT2D eigenvalue weighted by Crippen LogP contribution is 2.48. The fourth-order valence-electron chi connectivity index (χ4n) is 3.15. The van der Waals surface area contributed by atoms with E-state index < -0.39 is 0 Å². The Hall–Kier alpha value is 0.310. The normalized spacial score (nSPS) is 40.6. The molecule has 1 spiro atoms. The van der Waals surface area contributed by atoms with E-state index in [1.807, 2.05) is 0 Å². The lowest BCUT2D eigenvalue weighted by atomic mass is 9.85. The van der Waals surface area contributed by atoms with Crippen LogP contribution in [0, 0.1) is 11.3 Å². The number of hydrogen-bond donors (Lipinski definition) is 1. The Kier molecular flexibility index (Phi) is 2.89. The van der Waals surface area contributed by atoms with Gasteiger partial charge in [0.15, 0.2) is 0 Å². The molecule has 1 heterocycles. The van der Waals surface area contributed by atoms with Gasteiger partial charge in [-0.2, -0.15) is 12.6 Å². The standard InChI is InChI=1S/C11H21NS/c1-2-12-6-5-11(9-12)4-3-10(7-11)8-13/h10,13H,2-9H2,1H3/t10-,11-/m1/s1. The van der Waals surface area contributed by atoms with Crippen molar-refractivity contribution >= 4 is 12.6 Å². The minimum Gasteiger partial charge on any atom is -0.303 e. The van der Waals surface area contributed by atoms with Gasteiger partial charge >= 0.3 is 0 Å². The van der Waals surface area contributed by atoms with Gasteiger partial charge in [-0.3, -0.25) is 0 Å². The molecule has 0 N–H and O–H groups in total. The zero-order valence-corrected chi connectivity index (χ0v) is 9.52. The van der Waals surface area contributed by atoms with Gasteiger partial charge in [-0.15, -0.1) is 0 Å². The van der Waals surface area contributed by atoms with Gasteiger partial charge in [-0.05, 0) is 55.9 Å². The fraction of sp³-hybridized carbons (Fsp3) is 1.00. The average Bonchev–Trinajstić information content (AvgIpc) is 2.74. The molecule has 2 rings (SSSR count). The predicted molar refractivity (Wildman–Crippen MR) is 60.4 cm³/mol. The van der Waals surface area contributed by atoms with E-state index in [2.05, 4.69) is 24.5 Å². The smallest absolute Gasteiger partial charge is 0.00384 e. The van der Waals surface area contributed by atoms with Gasteiger partial charge < -0.3 is 4.90 Å². The molecule has 0 aromatic rings. The van der Waals surface area contributed by atoms with E-state index >= 15 is 0 Å². The van der Waals surface area contributed by atoms with Crippen molar-refractivity contribution in [2.45, 2.75) is 32.6 Å². The first-order valence-electron chi connectivity index (χ1n) is 5.61. The summed E-state index contributed by atoms with van der Waals surface area (Å²) in [6.45, 7) is 6.24. The van der Waals surface area contributed by atoms with Crippen LogP contribution in [0.25, 0.3) is 0 Å². The molecule has 0 radical (unpaired) electrons. The van der Waals surface area contributed by atoms with E-state index in [4.69, 9.17) is 0 Å². The highest BCUT2D eigenvalue weighted by atomic mass is 32.1. The van der Waals surface area contributed by atoms with Crippen molar-refractivity contribution in [1.82, 2.24) is 4.90 Å². The predicted octanol–water partition coefficient (Wildman–Crippen LogP) is 2.43. The van der Waals surface area contributed by atoms with Crippen LogP contribution in [0.1, 0.15) is 32.6 Å². The Morgan fingerprint density at radius 2 is 2.31 bits per heavy atom. The minimum atomic E-state index is 0.712. The summed E-state index contributed by atoms with van der Waals surface area (Å²) >= 11 is 4.42. The minimum absolute atomic E-state index is 0.712. The van der Waals surface area contributed by atoms with E-state index in [1.54, 1.807) is 0 Å². The molecule has 0 bridgehead atoms. The molecule has 1 aliphatic carbocycles. The Morgan fingerprint density at radius 1 is 1.46 bits per heavy atom. The lowest BCUT2D eigenvalue weighted by molar-refractivity contribution is 0.263. The number of hydrogen-bond acceptors (Lipinski definition) is 2.